The van der Waals surface area contributed by atoms with Crippen LogP contribution in [0.2, 0.25) is 0 Å². The molecule has 0 aromatic carbocycles. The number of rotatable bonds is 6. The smallest absolute Gasteiger partial charge is 0.216 e. The Kier molecular flexibility index (Phi) is 4.74. The number of ether oxygens (including phenoxy) is 1. The molecule has 0 heterocycles. The minimum Gasteiger partial charge on any atom is -0.378 e. The van der Waals surface area contributed by atoms with Crippen molar-refractivity contribution < 1.29 is 21.6 Å². The average Bonchev–Trinajstić information content (AvgIpc) is 1.98. The van der Waals surface area contributed by atoms with Gasteiger partial charge >= 0.3 is 0 Å². The van der Waals surface area contributed by atoms with E-state index < -0.39 is 29.5 Å². The third kappa shape index (κ3) is 4.51. The number of nitrogens with two attached hydrogens (primary N) is 2. The lowest BCUT2D eigenvalue weighted by Crippen LogP contribution is -2.46. The highest BCUT2D eigenvalue weighted by atomic mass is 32.2. The van der Waals surface area contributed by atoms with Gasteiger partial charge in [-0.05, 0) is 27.7 Å². The molecule has 104 valence electrons. The van der Waals surface area contributed by atoms with Gasteiger partial charge in [-0.25, -0.2) is 27.1 Å². The van der Waals surface area contributed by atoms with Gasteiger partial charge in [0.15, 0.2) is 0 Å². The van der Waals surface area contributed by atoms with Gasteiger partial charge in [-0.15, -0.1) is 0 Å². The third-order valence-corrected chi connectivity index (χ3v) is 5.76. The van der Waals surface area contributed by atoms with Crippen molar-refractivity contribution >= 4 is 20.0 Å². The van der Waals surface area contributed by atoms with E-state index in [2.05, 4.69) is 0 Å². The summed E-state index contributed by atoms with van der Waals surface area (Å²) in [6, 6.07) is 0. The maximum atomic E-state index is 11.2. The molecule has 0 saturated carbocycles. The van der Waals surface area contributed by atoms with Crippen molar-refractivity contribution in [3.63, 3.8) is 0 Å². The maximum absolute atomic E-state index is 11.2. The standard InChI is InChI=1S/C8H20N2O5S2/c1-7(2,16(9,11)12)5-15-6-8(3,4)17(10,13)14/h5-6H2,1-4H3,(H2,9,11,12)(H2,10,13,14). The van der Waals surface area contributed by atoms with Crippen molar-refractivity contribution in [3.05, 3.63) is 0 Å². The second-order valence-electron chi connectivity index (χ2n) is 5.10. The Balaban J connectivity index is 4.57. The highest BCUT2D eigenvalue weighted by molar-refractivity contribution is 7.90. The summed E-state index contributed by atoms with van der Waals surface area (Å²) in [7, 11) is -7.52. The van der Waals surface area contributed by atoms with Crippen LogP contribution >= 0.6 is 0 Å². The summed E-state index contributed by atoms with van der Waals surface area (Å²) in [4.78, 5) is 0. The van der Waals surface area contributed by atoms with Gasteiger partial charge < -0.3 is 4.74 Å². The van der Waals surface area contributed by atoms with Crippen LogP contribution in [-0.2, 0) is 24.8 Å². The van der Waals surface area contributed by atoms with E-state index in [1.807, 2.05) is 0 Å². The zero-order valence-corrected chi connectivity index (χ0v) is 12.1. The van der Waals surface area contributed by atoms with Gasteiger partial charge in [0.1, 0.15) is 9.49 Å². The lowest BCUT2D eigenvalue weighted by Gasteiger charge is -2.26. The fourth-order valence-electron chi connectivity index (χ4n) is 0.707. The molecule has 0 amide bonds. The van der Waals surface area contributed by atoms with Gasteiger partial charge in [-0.3, -0.25) is 0 Å². The molecular formula is C8H20N2O5S2. The van der Waals surface area contributed by atoms with Crippen molar-refractivity contribution in [3.8, 4) is 0 Å². The van der Waals surface area contributed by atoms with Crippen molar-refractivity contribution in [2.75, 3.05) is 13.2 Å². The molecule has 17 heavy (non-hydrogen) atoms. The monoisotopic (exact) mass is 288 g/mol. The Bertz CT molecular complexity index is 420. The number of primary sulfonamides is 2. The summed E-state index contributed by atoms with van der Waals surface area (Å²) in [6.45, 7) is 5.17. The Morgan fingerprint density at radius 2 is 1.06 bits per heavy atom. The molecule has 0 aromatic rings. The lowest BCUT2D eigenvalue weighted by molar-refractivity contribution is 0.101. The zero-order chi connectivity index (χ0) is 14.1. The first kappa shape index (κ1) is 16.8. The van der Waals surface area contributed by atoms with E-state index in [0.717, 1.165) is 0 Å². The first-order valence-electron chi connectivity index (χ1n) is 4.83. The summed E-state index contributed by atoms with van der Waals surface area (Å²) in [6.07, 6.45) is 0. The Morgan fingerprint density at radius 3 is 1.24 bits per heavy atom. The van der Waals surface area contributed by atoms with E-state index in [9.17, 15) is 16.8 Å². The van der Waals surface area contributed by atoms with Crippen molar-refractivity contribution in [2.45, 2.75) is 37.2 Å². The number of hydrogen-bond donors (Lipinski definition) is 2. The third-order valence-electron chi connectivity index (χ3n) is 2.44. The van der Waals surface area contributed by atoms with Crippen LogP contribution in [-0.4, -0.2) is 39.5 Å². The fraction of sp³-hybridized carbons (Fsp3) is 1.00. The van der Waals surface area contributed by atoms with E-state index in [4.69, 9.17) is 15.0 Å². The molecule has 9 heteroatoms. The molecule has 0 aliphatic rings. The minimum absolute atomic E-state index is 0.204. The second-order valence-corrected chi connectivity index (χ2v) is 9.49. The average molecular weight is 288 g/mol. The molecule has 7 nitrogen and oxygen atoms in total. The van der Waals surface area contributed by atoms with E-state index in [1.165, 1.54) is 27.7 Å². The Labute approximate surface area is 103 Å². The van der Waals surface area contributed by atoms with Crippen LogP contribution in [0.1, 0.15) is 27.7 Å². The molecule has 0 fully saturated rings. The quantitative estimate of drug-likeness (QED) is 0.656. The molecule has 0 radical (unpaired) electrons. The van der Waals surface area contributed by atoms with Crippen molar-refractivity contribution in [1.29, 1.82) is 0 Å². The molecule has 0 atom stereocenters. The SMILES string of the molecule is CC(C)(COCC(C)(C)S(N)(=O)=O)S(N)(=O)=O. The van der Waals surface area contributed by atoms with E-state index in [0.29, 0.717) is 0 Å². The van der Waals surface area contributed by atoms with Crippen LogP contribution in [0.5, 0.6) is 0 Å². The second kappa shape index (κ2) is 4.81. The van der Waals surface area contributed by atoms with Gasteiger partial charge in [0.05, 0.1) is 13.2 Å². The van der Waals surface area contributed by atoms with E-state index >= 15 is 0 Å². The van der Waals surface area contributed by atoms with Gasteiger partial charge in [-0.2, -0.15) is 0 Å². The first-order chi connectivity index (χ1) is 7.21. The Hall–Kier alpha value is -0.220. The molecule has 4 N–H and O–H groups in total. The normalized spacial score (nSPS) is 14.9. The van der Waals surface area contributed by atoms with Crippen molar-refractivity contribution in [2.24, 2.45) is 10.3 Å². The maximum Gasteiger partial charge on any atom is 0.216 e. The van der Waals surface area contributed by atoms with Crippen LogP contribution < -0.4 is 10.3 Å². The lowest BCUT2D eigenvalue weighted by atomic mass is 10.2. The topological polar surface area (TPSA) is 130 Å². The van der Waals surface area contributed by atoms with Crippen LogP contribution in [0.3, 0.4) is 0 Å². The summed E-state index contributed by atoms with van der Waals surface area (Å²) < 4.78 is 47.2. The van der Waals surface area contributed by atoms with Gasteiger partial charge in [0.25, 0.3) is 0 Å². The largest absolute Gasteiger partial charge is 0.378 e. The predicted octanol–water partition coefficient (Wildman–Crippen LogP) is -0.863. The highest BCUT2D eigenvalue weighted by Gasteiger charge is 2.35. The number of hydrogen-bond acceptors (Lipinski definition) is 5. The van der Waals surface area contributed by atoms with E-state index in [-0.39, 0.29) is 13.2 Å². The minimum atomic E-state index is -3.76. The summed E-state index contributed by atoms with van der Waals surface area (Å²) in [5.41, 5.74) is 0. The van der Waals surface area contributed by atoms with Crippen LogP contribution in [0, 0.1) is 0 Å². The molecule has 0 aliphatic carbocycles. The van der Waals surface area contributed by atoms with E-state index in [1.54, 1.807) is 0 Å². The van der Waals surface area contributed by atoms with Gasteiger partial charge in [-0.1, -0.05) is 0 Å². The summed E-state index contributed by atoms with van der Waals surface area (Å²) in [5, 5.41) is 10.00. The van der Waals surface area contributed by atoms with Crippen LogP contribution in [0.25, 0.3) is 0 Å². The predicted molar refractivity (Wildman–Crippen MR) is 65.2 cm³/mol. The summed E-state index contributed by atoms with van der Waals surface area (Å²) >= 11 is 0. The van der Waals surface area contributed by atoms with Gasteiger partial charge in [0, 0.05) is 0 Å². The van der Waals surface area contributed by atoms with Crippen molar-refractivity contribution in [1.82, 2.24) is 0 Å². The highest BCUT2D eigenvalue weighted by Crippen LogP contribution is 2.17. The zero-order valence-electron chi connectivity index (χ0n) is 10.4. The summed E-state index contributed by atoms with van der Waals surface area (Å²) in [5.74, 6) is 0. The number of sulfonamides is 2. The molecular weight excluding hydrogens is 268 g/mol. The van der Waals surface area contributed by atoms with Crippen LogP contribution in [0.15, 0.2) is 0 Å². The molecule has 0 unspecified atom stereocenters. The molecule has 0 aromatic heterocycles. The molecule has 0 spiro atoms. The first-order valence-corrected chi connectivity index (χ1v) is 7.92. The molecule has 0 saturated heterocycles. The van der Waals surface area contributed by atoms with Crippen LogP contribution in [0.4, 0.5) is 0 Å². The van der Waals surface area contributed by atoms with Gasteiger partial charge in [0.2, 0.25) is 20.0 Å². The molecule has 0 bridgehead atoms. The fourth-order valence-corrected chi connectivity index (χ4v) is 1.20. The Morgan fingerprint density at radius 1 is 0.824 bits per heavy atom. The molecule has 0 rings (SSSR count). The molecule has 0 aliphatic heterocycles.